The van der Waals surface area contributed by atoms with Gasteiger partial charge in [0.25, 0.3) is 0 Å². The summed E-state index contributed by atoms with van der Waals surface area (Å²) in [6.07, 6.45) is 3.00. The lowest BCUT2D eigenvalue weighted by Crippen LogP contribution is -2.28. The summed E-state index contributed by atoms with van der Waals surface area (Å²) in [5.41, 5.74) is 0.710. The Hall–Kier alpha value is -2.47. The quantitative estimate of drug-likeness (QED) is 0.652. The number of halogens is 1. The van der Waals surface area contributed by atoms with Crippen LogP contribution in [0.4, 0.5) is 4.39 Å². The SMILES string of the molecule is COC(=O)CC(NC(=O)/C=C/c1ccc(F)cc1)c1cccs1. The fraction of sp³-hybridized carbons (Fsp3) is 0.176. The van der Waals surface area contributed by atoms with E-state index in [0.29, 0.717) is 5.56 Å². The third-order valence-electron chi connectivity index (χ3n) is 3.10. The molecule has 2 rings (SSSR count). The fourth-order valence-corrected chi connectivity index (χ4v) is 2.71. The van der Waals surface area contributed by atoms with E-state index < -0.39 is 12.0 Å². The third kappa shape index (κ3) is 5.34. The molecule has 0 radical (unpaired) electrons. The molecular weight excluding hydrogens is 317 g/mol. The van der Waals surface area contributed by atoms with Crippen LogP contribution < -0.4 is 5.32 Å². The van der Waals surface area contributed by atoms with Crippen molar-refractivity contribution >= 4 is 29.3 Å². The Labute approximate surface area is 137 Å². The number of esters is 1. The topological polar surface area (TPSA) is 55.4 Å². The third-order valence-corrected chi connectivity index (χ3v) is 4.08. The van der Waals surface area contributed by atoms with E-state index in [4.69, 9.17) is 0 Å². The number of carbonyl (C=O) groups is 2. The van der Waals surface area contributed by atoms with Crippen molar-refractivity contribution in [2.75, 3.05) is 7.11 Å². The Morgan fingerprint density at radius 3 is 2.65 bits per heavy atom. The van der Waals surface area contributed by atoms with Crippen molar-refractivity contribution in [3.63, 3.8) is 0 Å². The van der Waals surface area contributed by atoms with Gasteiger partial charge in [0.2, 0.25) is 5.91 Å². The highest BCUT2D eigenvalue weighted by Crippen LogP contribution is 2.22. The second kappa shape index (κ2) is 8.24. The van der Waals surface area contributed by atoms with Gasteiger partial charge in [-0.15, -0.1) is 11.3 Å². The highest BCUT2D eigenvalue weighted by molar-refractivity contribution is 7.10. The van der Waals surface area contributed by atoms with Gasteiger partial charge in [0.1, 0.15) is 5.82 Å². The van der Waals surface area contributed by atoms with E-state index >= 15 is 0 Å². The molecule has 1 heterocycles. The monoisotopic (exact) mass is 333 g/mol. The number of rotatable bonds is 6. The minimum absolute atomic E-state index is 0.0626. The van der Waals surface area contributed by atoms with Crippen LogP contribution in [-0.4, -0.2) is 19.0 Å². The molecule has 0 aliphatic rings. The van der Waals surface area contributed by atoms with E-state index in [1.165, 1.54) is 36.7 Å². The lowest BCUT2D eigenvalue weighted by atomic mass is 10.1. The molecule has 6 heteroatoms. The summed E-state index contributed by atoms with van der Waals surface area (Å²) < 4.78 is 17.5. The maximum Gasteiger partial charge on any atom is 0.307 e. The maximum atomic E-state index is 12.8. The van der Waals surface area contributed by atoms with Crippen LogP contribution in [0.5, 0.6) is 0 Å². The lowest BCUT2D eigenvalue weighted by Gasteiger charge is -2.15. The highest BCUT2D eigenvalue weighted by atomic mass is 32.1. The zero-order valence-electron chi connectivity index (χ0n) is 12.5. The van der Waals surface area contributed by atoms with Gasteiger partial charge < -0.3 is 10.1 Å². The molecule has 0 aliphatic carbocycles. The van der Waals surface area contributed by atoms with E-state index in [9.17, 15) is 14.0 Å². The van der Waals surface area contributed by atoms with Crippen molar-refractivity contribution in [2.24, 2.45) is 0 Å². The van der Waals surface area contributed by atoms with E-state index in [-0.39, 0.29) is 18.1 Å². The fourth-order valence-electron chi connectivity index (χ4n) is 1.93. The van der Waals surface area contributed by atoms with Crippen LogP contribution in [-0.2, 0) is 14.3 Å². The molecule has 1 N–H and O–H groups in total. The summed E-state index contributed by atoms with van der Waals surface area (Å²) in [6.45, 7) is 0. The lowest BCUT2D eigenvalue weighted by molar-refractivity contribution is -0.141. The number of hydrogen-bond donors (Lipinski definition) is 1. The van der Waals surface area contributed by atoms with Crippen LogP contribution in [0.25, 0.3) is 6.08 Å². The van der Waals surface area contributed by atoms with E-state index in [2.05, 4.69) is 10.1 Å². The molecule has 1 aromatic carbocycles. The van der Waals surface area contributed by atoms with Gasteiger partial charge in [0, 0.05) is 11.0 Å². The number of ether oxygens (including phenoxy) is 1. The standard InChI is InChI=1S/C17H16FNO3S/c1-22-17(21)11-14(15-3-2-10-23-15)19-16(20)9-6-12-4-7-13(18)8-5-12/h2-10,14H,11H2,1H3,(H,19,20)/b9-6+. The number of amides is 1. The van der Waals surface area contributed by atoms with Gasteiger partial charge in [-0.2, -0.15) is 0 Å². The Bertz CT molecular complexity index is 680. The van der Waals surface area contributed by atoms with Crippen LogP contribution >= 0.6 is 11.3 Å². The van der Waals surface area contributed by atoms with E-state index in [0.717, 1.165) is 4.88 Å². The zero-order valence-corrected chi connectivity index (χ0v) is 13.3. The summed E-state index contributed by atoms with van der Waals surface area (Å²) >= 11 is 1.45. The molecule has 1 aromatic heterocycles. The number of benzene rings is 1. The molecule has 0 aliphatic heterocycles. The van der Waals surface area contributed by atoms with Crippen molar-refractivity contribution in [3.05, 3.63) is 64.1 Å². The number of methoxy groups -OCH3 is 1. The summed E-state index contributed by atoms with van der Waals surface area (Å²) in [7, 11) is 1.31. The molecule has 1 atom stereocenters. The Balaban J connectivity index is 2.02. The first-order valence-electron chi connectivity index (χ1n) is 6.93. The normalized spacial score (nSPS) is 12.1. The molecule has 4 nitrogen and oxygen atoms in total. The second-order valence-electron chi connectivity index (χ2n) is 4.74. The van der Waals surface area contributed by atoms with Gasteiger partial charge in [0.05, 0.1) is 19.6 Å². The highest BCUT2D eigenvalue weighted by Gasteiger charge is 2.18. The zero-order chi connectivity index (χ0) is 16.7. The molecule has 2 aromatic rings. The van der Waals surface area contributed by atoms with Crippen LogP contribution in [0.3, 0.4) is 0 Å². The van der Waals surface area contributed by atoms with Gasteiger partial charge in [-0.25, -0.2) is 4.39 Å². The van der Waals surface area contributed by atoms with Gasteiger partial charge >= 0.3 is 5.97 Å². The van der Waals surface area contributed by atoms with Crippen molar-refractivity contribution in [2.45, 2.75) is 12.5 Å². The molecule has 0 saturated heterocycles. The molecule has 120 valence electrons. The van der Waals surface area contributed by atoms with E-state index in [1.807, 2.05) is 17.5 Å². The average Bonchev–Trinajstić information content (AvgIpc) is 3.08. The van der Waals surface area contributed by atoms with Crippen molar-refractivity contribution in [1.82, 2.24) is 5.32 Å². The summed E-state index contributed by atoms with van der Waals surface area (Å²) in [5, 5.41) is 4.65. The largest absolute Gasteiger partial charge is 0.469 e. The Morgan fingerprint density at radius 1 is 1.30 bits per heavy atom. The predicted octanol–water partition coefficient (Wildman–Crippen LogP) is 3.32. The van der Waals surface area contributed by atoms with Crippen molar-refractivity contribution in [1.29, 1.82) is 0 Å². The predicted molar refractivity (Wildman–Crippen MR) is 87.3 cm³/mol. The molecular formula is C17H16FNO3S. The Morgan fingerprint density at radius 2 is 2.04 bits per heavy atom. The average molecular weight is 333 g/mol. The first-order valence-corrected chi connectivity index (χ1v) is 7.81. The van der Waals surface area contributed by atoms with Crippen LogP contribution in [0, 0.1) is 5.82 Å². The number of nitrogens with one attached hydrogen (secondary N) is 1. The number of hydrogen-bond acceptors (Lipinski definition) is 4. The molecule has 23 heavy (non-hydrogen) atoms. The summed E-state index contributed by atoms with van der Waals surface area (Å²) in [5.74, 6) is -1.06. The number of carbonyl (C=O) groups excluding carboxylic acids is 2. The van der Waals surface area contributed by atoms with Gasteiger partial charge in [0.15, 0.2) is 0 Å². The second-order valence-corrected chi connectivity index (χ2v) is 5.72. The van der Waals surface area contributed by atoms with Crippen LogP contribution in [0.2, 0.25) is 0 Å². The molecule has 1 unspecified atom stereocenters. The van der Waals surface area contributed by atoms with Gasteiger partial charge in [-0.05, 0) is 35.2 Å². The molecule has 0 spiro atoms. The number of thiophene rings is 1. The maximum absolute atomic E-state index is 12.8. The first kappa shape index (κ1) is 16.9. The van der Waals surface area contributed by atoms with Crippen LogP contribution in [0.1, 0.15) is 22.9 Å². The summed E-state index contributed by atoms with van der Waals surface area (Å²) in [4.78, 5) is 24.4. The van der Waals surface area contributed by atoms with Crippen molar-refractivity contribution in [3.8, 4) is 0 Å². The van der Waals surface area contributed by atoms with Gasteiger partial charge in [-0.1, -0.05) is 18.2 Å². The van der Waals surface area contributed by atoms with Gasteiger partial charge in [-0.3, -0.25) is 9.59 Å². The first-order chi connectivity index (χ1) is 11.1. The van der Waals surface area contributed by atoms with Crippen LogP contribution in [0.15, 0.2) is 47.9 Å². The van der Waals surface area contributed by atoms with Crippen molar-refractivity contribution < 1.29 is 18.7 Å². The van der Waals surface area contributed by atoms with E-state index in [1.54, 1.807) is 18.2 Å². The minimum Gasteiger partial charge on any atom is -0.469 e. The molecule has 0 saturated carbocycles. The molecule has 0 fully saturated rings. The smallest absolute Gasteiger partial charge is 0.307 e. The molecule has 1 amide bonds. The summed E-state index contributed by atoms with van der Waals surface area (Å²) in [6, 6.07) is 9.06. The Kier molecular flexibility index (Phi) is 6.05. The minimum atomic E-state index is -0.437. The molecule has 0 bridgehead atoms.